The Hall–Kier alpha value is -2.40. The summed E-state index contributed by atoms with van der Waals surface area (Å²) in [6.45, 7) is 6.85. The lowest BCUT2D eigenvalue weighted by atomic mass is 9.99. The Balaban J connectivity index is 2.01. The average Bonchev–Trinajstić information content (AvgIpc) is 2.60. The summed E-state index contributed by atoms with van der Waals surface area (Å²) in [7, 11) is 0. The molecule has 3 rings (SSSR count). The standard InChI is InChI=1S/C22H26FNO3/c1-22(2,3)27-21(26)19-14-16(15-5-4-6-17(23)13-15)7-8-20(19)24-11-9-18(25)10-12-24/h4-8,13-14,18,25H,9-12H2,1-3H3. The van der Waals surface area contributed by atoms with Crippen LogP contribution in [0.3, 0.4) is 0 Å². The van der Waals surface area contributed by atoms with Crippen molar-refractivity contribution >= 4 is 11.7 Å². The van der Waals surface area contributed by atoms with Gasteiger partial charge in [0.1, 0.15) is 11.4 Å². The van der Waals surface area contributed by atoms with Crippen LogP contribution in [0, 0.1) is 5.82 Å². The number of halogens is 1. The first-order valence-electron chi connectivity index (χ1n) is 9.29. The summed E-state index contributed by atoms with van der Waals surface area (Å²) in [6.07, 6.45) is 1.04. The third-order valence-electron chi connectivity index (χ3n) is 4.58. The molecule has 1 aliphatic heterocycles. The van der Waals surface area contributed by atoms with Crippen molar-refractivity contribution in [1.29, 1.82) is 0 Å². The summed E-state index contributed by atoms with van der Waals surface area (Å²) < 4.78 is 19.2. The first-order valence-corrected chi connectivity index (χ1v) is 9.29. The molecule has 5 heteroatoms. The van der Waals surface area contributed by atoms with Gasteiger partial charge in [0.05, 0.1) is 17.4 Å². The van der Waals surface area contributed by atoms with Crippen LogP contribution in [0.1, 0.15) is 44.0 Å². The molecule has 27 heavy (non-hydrogen) atoms. The summed E-state index contributed by atoms with van der Waals surface area (Å²) in [4.78, 5) is 15.0. The minimum absolute atomic E-state index is 0.294. The molecule has 0 saturated carbocycles. The van der Waals surface area contributed by atoms with Crippen molar-refractivity contribution < 1.29 is 19.0 Å². The second-order valence-corrected chi connectivity index (χ2v) is 7.96. The number of esters is 1. The lowest BCUT2D eigenvalue weighted by Gasteiger charge is -2.33. The van der Waals surface area contributed by atoms with E-state index in [9.17, 15) is 14.3 Å². The summed E-state index contributed by atoms with van der Waals surface area (Å²) in [6, 6.07) is 11.9. The van der Waals surface area contributed by atoms with Crippen molar-refractivity contribution in [2.24, 2.45) is 0 Å². The van der Waals surface area contributed by atoms with Gasteiger partial charge in [-0.05, 0) is 69.0 Å². The van der Waals surface area contributed by atoms with E-state index in [0.29, 0.717) is 37.1 Å². The molecule has 0 aromatic heterocycles. The molecule has 144 valence electrons. The van der Waals surface area contributed by atoms with E-state index in [2.05, 4.69) is 4.90 Å². The van der Waals surface area contributed by atoms with E-state index in [0.717, 1.165) is 11.3 Å². The topological polar surface area (TPSA) is 49.8 Å². The van der Waals surface area contributed by atoms with Gasteiger partial charge >= 0.3 is 5.97 Å². The van der Waals surface area contributed by atoms with Gasteiger partial charge < -0.3 is 14.7 Å². The molecule has 1 heterocycles. The highest BCUT2D eigenvalue weighted by atomic mass is 19.1. The van der Waals surface area contributed by atoms with E-state index in [4.69, 9.17) is 4.74 Å². The number of nitrogens with zero attached hydrogens (tertiary/aromatic N) is 1. The van der Waals surface area contributed by atoms with Gasteiger partial charge in [0, 0.05) is 13.1 Å². The number of ether oxygens (including phenoxy) is 1. The van der Waals surface area contributed by atoms with Crippen molar-refractivity contribution in [3.8, 4) is 11.1 Å². The van der Waals surface area contributed by atoms with Gasteiger partial charge in [-0.1, -0.05) is 18.2 Å². The van der Waals surface area contributed by atoms with Crippen LogP contribution in [0.4, 0.5) is 10.1 Å². The van der Waals surface area contributed by atoms with Crippen molar-refractivity contribution in [1.82, 2.24) is 0 Å². The maximum Gasteiger partial charge on any atom is 0.340 e. The Morgan fingerprint density at radius 1 is 1.11 bits per heavy atom. The van der Waals surface area contributed by atoms with E-state index in [1.807, 2.05) is 39.0 Å². The zero-order valence-corrected chi connectivity index (χ0v) is 16.0. The van der Waals surface area contributed by atoms with Crippen LogP contribution in [0.2, 0.25) is 0 Å². The van der Waals surface area contributed by atoms with Crippen molar-refractivity contribution in [3.05, 3.63) is 53.8 Å². The van der Waals surface area contributed by atoms with Gasteiger partial charge in [-0.25, -0.2) is 9.18 Å². The SMILES string of the molecule is CC(C)(C)OC(=O)c1cc(-c2cccc(F)c2)ccc1N1CCC(O)CC1. The maximum absolute atomic E-state index is 13.6. The highest BCUT2D eigenvalue weighted by Gasteiger charge is 2.25. The van der Waals surface area contributed by atoms with E-state index in [-0.39, 0.29) is 11.9 Å². The largest absolute Gasteiger partial charge is 0.456 e. The monoisotopic (exact) mass is 371 g/mol. The quantitative estimate of drug-likeness (QED) is 0.812. The van der Waals surface area contributed by atoms with E-state index in [1.54, 1.807) is 12.1 Å². The zero-order valence-electron chi connectivity index (χ0n) is 16.0. The molecular weight excluding hydrogens is 345 g/mol. The summed E-state index contributed by atoms with van der Waals surface area (Å²) in [5, 5.41) is 9.77. The fourth-order valence-electron chi connectivity index (χ4n) is 3.26. The second-order valence-electron chi connectivity index (χ2n) is 7.96. The number of carbonyl (C=O) groups is 1. The summed E-state index contributed by atoms with van der Waals surface area (Å²) in [5.74, 6) is -0.720. The minimum Gasteiger partial charge on any atom is -0.456 e. The van der Waals surface area contributed by atoms with Gasteiger partial charge in [0.2, 0.25) is 0 Å². The number of aliphatic hydroxyl groups is 1. The Labute approximate surface area is 159 Å². The predicted molar refractivity (Wildman–Crippen MR) is 104 cm³/mol. The first-order chi connectivity index (χ1) is 12.7. The van der Waals surface area contributed by atoms with Crippen LogP contribution in [0.15, 0.2) is 42.5 Å². The van der Waals surface area contributed by atoms with Gasteiger partial charge in [-0.15, -0.1) is 0 Å². The van der Waals surface area contributed by atoms with Gasteiger partial charge in [-0.3, -0.25) is 0 Å². The normalized spacial score (nSPS) is 15.7. The molecular formula is C22H26FNO3. The number of anilines is 1. The van der Waals surface area contributed by atoms with Crippen LogP contribution in [-0.2, 0) is 4.74 Å². The molecule has 0 atom stereocenters. The van der Waals surface area contributed by atoms with E-state index in [1.165, 1.54) is 12.1 Å². The fraction of sp³-hybridized carbons (Fsp3) is 0.409. The predicted octanol–water partition coefficient (Wildman–Crippen LogP) is 4.41. The number of rotatable bonds is 3. The zero-order chi connectivity index (χ0) is 19.6. The van der Waals surface area contributed by atoms with Crippen molar-refractivity contribution in [2.75, 3.05) is 18.0 Å². The molecule has 2 aromatic carbocycles. The minimum atomic E-state index is -0.610. The third-order valence-corrected chi connectivity index (χ3v) is 4.58. The molecule has 0 amide bonds. The molecule has 0 bridgehead atoms. The van der Waals surface area contributed by atoms with Crippen LogP contribution >= 0.6 is 0 Å². The smallest absolute Gasteiger partial charge is 0.340 e. The van der Waals surface area contributed by atoms with Crippen LogP contribution in [-0.4, -0.2) is 35.9 Å². The molecule has 1 fully saturated rings. The Kier molecular flexibility index (Phi) is 5.51. The second kappa shape index (κ2) is 7.69. The fourth-order valence-corrected chi connectivity index (χ4v) is 3.26. The number of aliphatic hydroxyl groups excluding tert-OH is 1. The average molecular weight is 371 g/mol. The number of hydrogen-bond donors (Lipinski definition) is 1. The molecule has 0 aliphatic carbocycles. The van der Waals surface area contributed by atoms with Crippen molar-refractivity contribution in [3.63, 3.8) is 0 Å². The first kappa shape index (κ1) is 19.4. The van der Waals surface area contributed by atoms with Gasteiger partial charge in [0.15, 0.2) is 0 Å². The lowest BCUT2D eigenvalue weighted by molar-refractivity contribution is 0.00702. The molecule has 0 spiro atoms. The Morgan fingerprint density at radius 3 is 2.41 bits per heavy atom. The van der Waals surface area contributed by atoms with Crippen LogP contribution in [0.5, 0.6) is 0 Å². The van der Waals surface area contributed by atoms with Crippen molar-refractivity contribution in [2.45, 2.75) is 45.3 Å². The lowest BCUT2D eigenvalue weighted by Crippen LogP contribution is -2.37. The number of carbonyl (C=O) groups excluding carboxylic acids is 1. The molecule has 1 N–H and O–H groups in total. The Bertz CT molecular complexity index is 821. The summed E-state index contributed by atoms with van der Waals surface area (Å²) in [5.41, 5.74) is 2.11. The number of hydrogen-bond acceptors (Lipinski definition) is 4. The number of piperidine rings is 1. The third kappa shape index (κ3) is 4.86. The van der Waals surface area contributed by atoms with Gasteiger partial charge in [-0.2, -0.15) is 0 Å². The highest BCUT2D eigenvalue weighted by molar-refractivity contribution is 5.97. The van der Waals surface area contributed by atoms with E-state index < -0.39 is 11.6 Å². The van der Waals surface area contributed by atoms with E-state index >= 15 is 0 Å². The van der Waals surface area contributed by atoms with Gasteiger partial charge in [0.25, 0.3) is 0 Å². The molecule has 0 radical (unpaired) electrons. The highest BCUT2D eigenvalue weighted by Crippen LogP contribution is 2.31. The van der Waals surface area contributed by atoms with Crippen LogP contribution in [0.25, 0.3) is 11.1 Å². The number of benzene rings is 2. The molecule has 0 unspecified atom stereocenters. The molecule has 1 saturated heterocycles. The summed E-state index contributed by atoms with van der Waals surface area (Å²) >= 11 is 0. The van der Waals surface area contributed by atoms with Crippen LogP contribution < -0.4 is 4.90 Å². The molecule has 4 nitrogen and oxygen atoms in total. The molecule has 1 aliphatic rings. The maximum atomic E-state index is 13.6. The molecule has 2 aromatic rings. The Morgan fingerprint density at radius 2 is 1.78 bits per heavy atom.